The fourth-order valence-electron chi connectivity index (χ4n) is 2.84. The Bertz CT molecular complexity index is 345. The van der Waals surface area contributed by atoms with Crippen molar-refractivity contribution in [3.05, 3.63) is 17.5 Å². The molecular formula is C14H25N3O. The lowest BCUT2D eigenvalue weighted by molar-refractivity contribution is 0.141. The predicted octanol–water partition coefficient (Wildman–Crippen LogP) is 2.55. The van der Waals surface area contributed by atoms with E-state index in [0.29, 0.717) is 0 Å². The van der Waals surface area contributed by atoms with Crippen molar-refractivity contribution in [1.82, 2.24) is 15.4 Å². The van der Waals surface area contributed by atoms with Crippen LogP contribution in [0, 0.1) is 0 Å². The summed E-state index contributed by atoms with van der Waals surface area (Å²) in [6, 6.07) is 2.81. The molecule has 0 aromatic carbocycles. The summed E-state index contributed by atoms with van der Waals surface area (Å²) < 4.78 is 5.41. The summed E-state index contributed by atoms with van der Waals surface area (Å²) in [4.78, 5) is 2.53. The second-order valence-corrected chi connectivity index (χ2v) is 5.17. The van der Waals surface area contributed by atoms with E-state index in [2.05, 4.69) is 28.4 Å². The molecule has 4 heteroatoms. The third kappa shape index (κ3) is 3.56. The van der Waals surface area contributed by atoms with Crippen molar-refractivity contribution in [2.75, 3.05) is 13.6 Å². The van der Waals surface area contributed by atoms with Crippen molar-refractivity contribution >= 4 is 0 Å². The minimum Gasteiger partial charge on any atom is -0.360 e. The Morgan fingerprint density at radius 2 is 2.17 bits per heavy atom. The molecule has 1 aromatic rings. The third-order valence-corrected chi connectivity index (χ3v) is 3.82. The summed E-state index contributed by atoms with van der Waals surface area (Å²) in [5, 5.41) is 7.17. The molecule has 0 unspecified atom stereocenters. The van der Waals surface area contributed by atoms with Gasteiger partial charge in [-0.2, -0.15) is 0 Å². The molecule has 1 saturated carbocycles. The fourth-order valence-corrected chi connectivity index (χ4v) is 2.84. The van der Waals surface area contributed by atoms with Crippen molar-refractivity contribution in [2.45, 2.75) is 58.2 Å². The van der Waals surface area contributed by atoms with Crippen LogP contribution >= 0.6 is 0 Å². The molecular weight excluding hydrogens is 226 g/mol. The quantitative estimate of drug-likeness (QED) is 0.843. The van der Waals surface area contributed by atoms with Gasteiger partial charge in [-0.05, 0) is 26.4 Å². The fraction of sp³-hybridized carbons (Fsp3) is 0.786. The molecule has 102 valence electrons. The van der Waals surface area contributed by atoms with Gasteiger partial charge in [-0.3, -0.25) is 4.90 Å². The summed E-state index contributed by atoms with van der Waals surface area (Å²) >= 11 is 0. The maximum atomic E-state index is 5.41. The van der Waals surface area contributed by atoms with Crippen molar-refractivity contribution < 1.29 is 4.52 Å². The van der Waals surface area contributed by atoms with Gasteiger partial charge >= 0.3 is 0 Å². The summed E-state index contributed by atoms with van der Waals surface area (Å²) in [6.07, 6.45) is 6.84. The Kier molecular flexibility index (Phi) is 5.20. The van der Waals surface area contributed by atoms with Crippen LogP contribution in [0.2, 0.25) is 0 Å². The van der Waals surface area contributed by atoms with Gasteiger partial charge < -0.3 is 9.84 Å². The van der Waals surface area contributed by atoms with E-state index in [-0.39, 0.29) is 0 Å². The van der Waals surface area contributed by atoms with Crippen LogP contribution in [0.5, 0.6) is 0 Å². The Hall–Kier alpha value is -0.870. The number of nitrogens with zero attached hydrogens (tertiary/aromatic N) is 2. The average molecular weight is 251 g/mol. The van der Waals surface area contributed by atoms with Gasteiger partial charge in [0, 0.05) is 18.7 Å². The number of aromatic nitrogens is 1. The van der Waals surface area contributed by atoms with E-state index in [1.54, 1.807) is 0 Å². The molecule has 0 bridgehead atoms. The number of hydrogen-bond donors (Lipinski definition) is 1. The normalized spacial score (nSPS) is 17.5. The molecule has 0 atom stereocenters. The molecule has 1 aromatic heterocycles. The highest BCUT2D eigenvalue weighted by Gasteiger charge is 2.21. The third-order valence-electron chi connectivity index (χ3n) is 3.82. The van der Waals surface area contributed by atoms with Gasteiger partial charge in [0.25, 0.3) is 0 Å². The van der Waals surface area contributed by atoms with E-state index in [4.69, 9.17) is 4.52 Å². The Labute approximate surface area is 110 Å². The smallest absolute Gasteiger partial charge is 0.151 e. The highest BCUT2D eigenvalue weighted by molar-refractivity contribution is 5.05. The van der Waals surface area contributed by atoms with Crippen molar-refractivity contribution in [2.24, 2.45) is 0 Å². The van der Waals surface area contributed by atoms with Crippen molar-refractivity contribution in [3.63, 3.8) is 0 Å². The van der Waals surface area contributed by atoms with Gasteiger partial charge in [0.15, 0.2) is 5.76 Å². The highest BCUT2D eigenvalue weighted by Crippen LogP contribution is 2.23. The zero-order valence-corrected chi connectivity index (χ0v) is 11.6. The van der Waals surface area contributed by atoms with Crippen molar-refractivity contribution in [1.29, 1.82) is 0 Å². The largest absolute Gasteiger partial charge is 0.360 e. The minimum atomic E-state index is 0.738. The molecule has 0 radical (unpaired) electrons. The second kappa shape index (κ2) is 6.90. The molecule has 1 heterocycles. The first-order valence-corrected chi connectivity index (χ1v) is 7.16. The lowest BCUT2D eigenvalue weighted by Crippen LogP contribution is -2.35. The summed E-state index contributed by atoms with van der Waals surface area (Å²) in [6.45, 7) is 5.00. The number of rotatable bonds is 6. The molecule has 0 saturated heterocycles. The van der Waals surface area contributed by atoms with Gasteiger partial charge in [0.05, 0.1) is 12.2 Å². The monoisotopic (exact) mass is 251 g/mol. The van der Waals surface area contributed by atoms with Crippen LogP contribution in [-0.2, 0) is 13.1 Å². The molecule has 1 N–H and O–H groups in total. The van der Waals surface area contributed by atoms with Crippen LogP contribution in [0.4, 0.5) is 0 Å². The predicted molar refractivity (Wildman–Crippen MR) is 72.2 cm³/mol. The first kappa shape index (κ1) is 13.6. The standard InChI is InChI=1S/C14H25N3O/c1-3-17(13-7-5-4-6-8-13)11-14-9-12(10-15-2)16-18-14/h9,13,15H,3-8,10-11H2,1-2H3. The Morgan fingerprint density at radius 3 is 2.83 bits per heavy atom. The molecule has 0 amide bonds. The molecule has 4 nitrogen and oxygen atoms in total. The Morgan fingerprint density at radius 1 is 1.39 bits per heavy atom. The zero-order valence-electron chi connectivity index (χ0n) is 11.6. The van der Waals surface area contributed by atoms with Gasteiger partial charge in [-0.1, -0.05) is 31.3 Å². The maximum absolute atomic E-state index is 5.41. The molecule has 0 aliphatic heterocycles. The van der Waals surface area contributed by atoms with Gasteiger partial charge in [-0.25, -0.2) is 0 Å². The number of nitrogens with one attached hydrogen (secondary N) is 1. The highest BCUT2D eigenvalue weighted by atomic mass is 16.5. The molecule has 0 spiro atoms. The maximum Gasteiger partial charge on any atom is 0.151 e. The first-order chi connectivity index (χ1) is 8.83. The SMILES string of the molecule is CCN(Cc1cc(CNC)no1)C1CCCCC1. The first-order valence-electron chi connectivity index (χ1n) is 7.16. The second-order valence-electron chi connectivity index (χ2n) is 5.17. The van der Waals surface area contributed by atoms with Crippen molar-refractivity contribution in [3.8, 4) is 0 Å². The van der Waals surface area contributed by atoms with E-state index >= 15 is 0 Å². The molecule has 2 rings (SSSR count). The molecule has 1 fully saturated rings. The van der Waals surface area contributed by atoms with E-state index in [1.807, 2.05) is 7.05 Å². The van der Waals surface area contributed by atoms with Crippen LogP contribution in [0.3, 0.4) is 0 Å². The Balaban J connectivity index is 1.91. The lowest BCUT2D eigenvalue weighted by atomic mass is 9.94. The van der Waals surface area contributed by atoms with E-state index < -0.39 is 0 Å². The van der Waals surface area contributed by atoms with Gasteiger partial charge in [0.1, 0.15) is 0 Å². The van der Waals surface area contributed by atoms with Gasteiger partial charge in [-0.15, -0.1) is 0 Å². The van der Waals surface area contributed by atoms with Crippen LogP contribution in [0.25, 0.3) is 0 Å². The van der Waals surface area contributed by atoms with Crippen LogP contribution in [0.1, 0.15) is 50.5 Å². The zero-order chi connectivity index (χ0) is 12.8. The number of hydrogen-bond acceptors (Lipinski definition) is 4. The van der Waals surface area contributed by atoms with Crippen LogP contribution < -0.4 is 5.32 Å². The topological polar surface area (TPSA) is 41.3 Å². The molecule has 1 aliphatic rings. The van der Waals surface area contributed by atoms with Gasteiger partial charge in [0.2, 0.25) is 0 Å². The van der Waals surface area contributed by atoms with Crippen LogP contribution in [-0.4, -0.2) is 29.7 Å². The summed E-state index contributed by atoms with van der Waals surface area (Å²) in [5.74, 6) is 0.993. The average Bonchev–Trinajstić information content (AvgIpc) is 2.85. The lowest BCUT2D eigenvalue weighted by Gasteiger charge is -2.32. The van der Waals surface area contributed by atoms with E-state index in [1.165, 1.54) is 32.1 Å². The summed E-state index contributed by atoms with van der Waals surface area (Å²) in [7, 11) is 1.93. The van der Waals surface area contributed by atoms with Crippen LogP contribution in [0.15, 0.2) is 10.6 Å². The van der Waals surface area contributed by atoms with E-state index in [9.17, 15) is 0 Å². The minimum absolute atomic E-state index is 0.738. The molecule has 18 heavy (non-hydrogen) atoms. The summed E-state index contributed by atoms with van der Waals surface area (Å²) in [5.41, 5.74) is 0.993. The molecule has 1 aliphatic carbocycles. The van der Waals surface area contributed by atoms with E-state index in [0.717, 1.165) is 37.1 Å².